The Hall–Kier alpha value is -1.48. The van der Waals surface area contributed by atoms with Gasteiger partial charge in [0, 0.05) is 18.8 Å². The molecule has 0 spiro atoms. The van der Waals surface area contributed by atoms with Crippen LogP contribution in [0.15, 0.2) is 26.1 Å². The van der Waals surface area contributed by atoms with Crippen LogP contribution in [0.4, 0.5) is 11.4 Å². The first kappa shape index (κ1) is 16.6. The number of hydrogen-bond donors (Lipinski definition) is 3. The van der Waals surface area contributed by atoms with Gasteiger partial charge < -0.3 is 10.6 Å². The lowest BCUT2D eigenvalue weighted by atomic mass is 10.2. The Morgan fingerprint density at radius 3 is 2.55 bits per heavy atom. The van der Waals surface area contributed by atoms with Gasteiger partial charge in [0.15, 0.2) is 0 Å². The molecule has 1 aromatic carbocycles. The maximum absolute atomic E-state index is 10.8. The first-order chi connectivity index (χ1) is 9.56. The molecule has 0 unspecified atom stereocenters. The van der Waals surface area contributed by atoms with E-state index in [1.54, 1.807) is 12.1 Å². The molecule has 108 valence electrons. The lowest BCUT2D eigenvalue weighted by molar-refractivity contribution is -0.386. The van der Waals surface area contributed by atoms with E-state index in [0.717, 1.165) is 25.0 Å². The van der Waals surface area contributed by atoms with E-state index < -0.39 is 4.92 Å². The van der Waals surface area contributed by atoms with Crippen LogP contribution < -0.4 is 10.6 Å². The zero-order valence-corrected chi connectivity index (χ0v) is 13.6. The normalized spacial score (nSPS) is 10.5. The van der Waals surface area contributed by atoms with Crippen molar-refractivity contribution < 1.29 is 4.92 Å². The van der Waals surface area contributed by atoms with Crippen LogP contribution in [0.25, 0.3) is 0 Å². The highest BCUT2D eigenvalue weighted by Gasteiger charge is 2.17. The highest BCUT2D eigenvalue weighted by molar-refractivity contribution is 9.11. The summed E-state index contributed by atoms with van der Waals surface area (Å²) in [5.41, 5.74) is 0.808. The number of aliphatic imine (C=N–C) groups is 1. The quantitative estimate of drug-likeness (QED) is 0.203. The van der Waals surface area contributed by atoms with E-state index in [4.69, 9.17) is 5.41 Å². The molecule has 0 heterocycles. The second kappa shape index (κ2) is 8.64. The smallest absolute Gasteiger partial charge is 0.297 e. The monoisotopic (exact) mass is 405 g/mol. The number of nitro benzene ring substituents is 1. The number of anilines is 1. The lowest BCUT2D eigenvalue weighted by Gasteiger charge is -2.08. The number of benzene rings is 1. The van der Waals surface area contributed by atoms with Gasteiger partial charge in [-0.05, 0) is 50.4 Å². The van der Waals surface area contributed by atoms with Crippen molar-refractivity contribution in [2.45, 2.75) is 6.42 Å². The van der Waals surface area contributed by atoms with Crippen molar-refractivity contribution in [3.63, 3.8) is 0 Å². The SMILES string of the molecule is N=C/N=C\NCCCNc1cc(Br)c([N+](=O)[O-])c(Br)c1. The zero-order chi connectivity index (χ0) is 15.0. The number of halogens is 2. The molecule has 0 atom stereocenters. The molecule has 9 heteroatoms. The average molecular weight is 407 g/mol. The zero-order valence-electron chi connectivity index (χ0n) is 10.4. The van der Waals surface area contributed by atoms with Crippen molar-refractivity contribution >= 4 is 55.9 Å². The van der Waals surface area contributed by atoms with Crippen LogP contribution in [-0.4, -0.2) is 30.7 Å². The van der Waals surface area contributed by atoms with Gasteiger partial charge in [0.2, 0.25) is 0 Å². The van der Waals surface area contributed by atoms with Crippen molar-refractivity contribution in [2.24, 2.45) is 4.99 Å². The summed E-state index contributed by atoms with van der Waals surface area (Å²) in [6.45, 7) is 1.43. The molecule has 0 aliphatic carbocycles. The van der Waals surface area contributed by atoms with Crippen molar-refractivity contribution in [3.05, 3.63) is 31.2 Å². The summed E-state index contributed by atoms with van der Waals surface area (Å²) in [6, 6.07) is 3.35. The number of nitro groups is 1. The van der Waals surface area contributed by atoms with Crippen LogP contribution >= 0.6 is 31.9 Å². The highest BCUT2D eigenvalue weighted by atomic mass is 79.9. The van der Waals surface area contributed by atoms with Gasteiger partial charge >= 0.3 is 0 Å². The largest absolute Gasteiger partial charge is 0.385 e. The molecule has 0 saturated heterocycles. The molecule has 0 aromatic heterocycles. The summed E-state index contributed by atoms with van der Waals surface area (Å²) in [4.78, 5) is 14.0. The molecule has 0 amide bonds. The van der Waals surface area contributed by atoms with Crippen molar-refractivity contribution in [2.75, 3.05) is 18.4 Å². The van der Waals surface area contributed by atoms with E-state index >= 15 is 0 Å². The molecule has 0 aliphatic heterocycles. The fraction of sp³-hybridized carbons (Fsp3) is 0.273. The summed E-state index contributed by atoms with van der Waals surface area (Å²) in [5, 5.41) is 23.6. The number of rotatable bonds is 8. The second-order valence-corrected chi connectivity index (χ2v) is 5.40. The van der Waals surface area contributed by atoms with Crippen LogP contribution in [0.2, 0.25) is 0 Å². The minimum Gasteiger partial charge on any atom is -0.385 e. The van der Waals surface area contributed by atoms with Gasteiger partial charge in [-0.2, -0.15) is 0 Å². The fourth-order valence-electron chi connectivity index (χ4n) is 1.42. The maximum Gasteiger partial charge on any atom is 0.297 e. The third kappa shape index (κ3) is 5.25. The Bertz CT molecular complexity index is 499. The van der Waals surface area contributed by atoms with E-state index in [-0.39, 0.29) is 5.69 Å². The average Bonchev–Trinajstić information content (AvgIpc) is 2.36. The number of nitrogens with zero attached hydrogens (tertiary/aromatic N) is 2. The molecular formula is C11H13Br2N5O2. The minimum atomic E-state index is -0.440. The Morgan fingerprint density at radius 2 is 2.00 bits per heavy atom. The summed E-state index contributed by atoms with van der Waals surface area (Å²) < 4.78 is 0.853. The van der Waals surface area contributed by atoms with Gasteiger partial charge in [-0.25, -0.2) is 4.99 Å². The predicted molar refractivity (Wildman–Crippen MR) is 86.9 cm³/mol. The van der Waals surface area contributed by atoms with Gasteiger partial charge in [0.25, 0.3) is 5.69 Å². The molecule has 7 nitrogen and oxygen atoms in total. The van der Waals surface area contributed by atoms with Gasteiger partial charge in [0.1, 0.15) is 6.34 Å². The third-order valence-electron chi connectivity index (χ3n) is 2.27. The third-order valence-corrected chi connectivity index (χ3v) is 3.48. The summed E-state index contributed by atoms with van der Waals surface area (Å²) in [6.07, 6.45) is 3.26. The molecular weight excluding hydrogens is 394 g/mol. The molecule has 1 rings (SSSR count). The Balaban J connectivity index is 2.47. The van der Waals surface area contributed by atoms with Gasteiger partial charge in [0.05, 0.1) is 20.2 Å². The summed E-state index contributed by atoms with van der Waals surface area (Å²) in [7, 11) is 0. The topological polar surface area (TPSA) is 103 Å². The second-order valence-electron chi connectivity index (χ2n) is 3.69. The van der Waals surface area contributed by atoms with Crippen molar-refractivity contribution in [3.8, 4) is 0 Å². The van der Waals surface area contributed by atoms with E-state index in [1.807, 2.05) is 0 Å². The van der Waals surface area contributed by atoms with Gasteiger partial charge in [-0.1, -0.05) is 0 Å². The molecule has 20 heavy (non-hydrogen) atoms. The first-order valence-electron chi connectivity index (χ1n) is 5.67. The standard InChI is InChI=1S/C11H13Br2N5O2/c12-9-4-8(5-10(13)11(9)18(19)20)17-3-1-2-15-7-16-6-14/h4-7,17H,1-3H2,(H2,14,15,16). The Morgan fingerprint density at radius 1 is 1.35 bits per heavy atom. The van der Waals surface area contributed by atoms with Gasteiger partial charge in [-0.15, -0.1) is 0 Å². The van der Waals surface area contributed by atoms with E-state index in [9.17, 15) is 10.1 Å². The number of hydrogen-bond acceptors (Lipinski definition) is 4. The number of nitrogens with one attached hydrogen (secondary N) is 3. The van der Waals surface area contributed by atoms with Crippen molar-refractivity contribution in [1.29, 1.82) is 5.41 Å². The van der Waals surface area contributed by atoms with Crippen LogP contribution in [0.5, 0.6) is 0 Å². The fourth-order valence-corrected chi connectivity index (χ4v) is 2.90. The molecule has 0 bridgehead atoms. The highest BCUT2D eigenvalue weighted by Crippen LogP contribution is 2.35. The molecule has 3 N–H and O–H groups in total. The van der Waals surface area contributed by atoms with Crippen molar-refractivity contribution in [1.82, 2.24) is 5.32 Å². The molecule has 1 aromatic rings. The van der Waals surface area contributed by atoms with Gasteiger partial charge in [-0.3, -0.25) is 15.5 Å². The Kier molecular flexibility index (Phi) is 7.16. The summed E-state index contributed by atoms with van der Waals surface area (Å²) in [5.74, 6) is 0. The van der Waals surface area contributed by atoms with E-state index in [1.165, 1.54) is 6.34 Å². The lowest BCUT2D eigenvalue weighted by Crippen LogP contribution is -2.16. The predicted octanol–water partition coefficient (Wildman–Crippen LogP) is 3.15. The molecule has 0 fully saturated rings. The Labute approximate surface area is 132 Å². The first-order valence-corrected chi connectivity index (χ1v) is 7.26. The van der Waals surface area contributed by atoms with Crippen LogP contribution in [0, 0.1) is 15.5 Å². The molecule has 0 aliphatic rings. The van der Waals surface area contributed by atoms with E-state index in [0.29, 0.717) is 15.5 Å². The van der Waals surface area contributed by atoms with Crippen LogP contribution in [0.3, 0.4) is 0 Å². The van der Waals surface area contributed by atoms with Crippen LogP contribution in [0.1, 0.15) is 6.42 Å². The molecule has 0 saturated carbocycles. The summed E-state index contributed by atoms with van der Waals surface area (Å²) >= 11 is 6.37. The van der Waals surface area contributed by atoms with Crippen LogP contribution in [-0.2, 0) is 0 Å². The maximum atomic E-state index is 10.8. The minimum absolute atomic E-state index is 0.0140. The van der Waals surface area contributed by atoms with E-state index in [2.05, 4.69) is 47.5 Å². The molecule has 0 radical (unpaired) electrons.